The number of terminal acetylenes is 1. The zero-order chi connectivity index (χ0) is 19.6. The van der Waals surface area contributed by atoms with Crippen molar-refractivity contribution < 1.29 is 14.2 Å². The van der Waals surface area contributed by atoms with Gasteiger partial charge in [-0.1, -0.05) is 39.0 Å². The molecule has 3 fully saturated rings. The van der Waals surface area contributed by atoms with Crippen molar-refractivity contribution in [2.75, 3.05) is 19.8 Å². The molecule has 27 heavy (non-hydrogen) atoms. The largest absolute Gasteiger partial charge is 0.323 e. The Hall–Kier alpha value is -1.78. The first-order chi connectivity index (χ1) is 13.1. The van der Waals surface area contributed by atoms with Crippen molar-refractivity contribution in [1.82, 2.24) is 0 Å². The third-order valence-corrected chi connectivity index (χ3v) is 4.73. The zero-order valence-corrected chi connectivity index (χ0v) is 17.0. The SMILES string of the molecule is C#CCCC.CCCC#Cc1ccc(C23OCC(CCC)(CO2)CO3)cc1. The molecule has 3 nitrogen and oxygen atoms in total. The normalized spacial score (nSPS) is 25.6. The Morgan fingerprint density at radius 2 is 1.48 bits per heavy atom. The van der Waals surface area contributed by atoms with Crippen LogP contribution in [0, 0.1) is 29.6 Å². The molecule has 3 aliphatic heterocycles. The van der Waals surface area contributed by atoms with E-state index in [1.807, 2.05) is 24.3 Å². The fourth-order valence-corrected chi connectivity index (χ4v) is 3.18. The smallest absolute Gasteiger partial charge is 0.312 e. The van der Waals surface area contributed by atoms with Crippen molar-refractivity contribution >= 4 is 0 Å². The first-order valence-electron chi connectivity index (χ1n) is 10.1. The van der Waals surface area contributed by atoms with Crippen LogP contribution in [-0.2, 0) is 20.2 Å². The molecule has 0 aliphatic carbocycles. The first kappa shape index (κ1) is 21.5. The standard InChI is InChI=1S/C19H24O3.C5H8/c1-3-5-6-7-16-8-10-17(11-9-16)19-20-13-18(12-4-2,14-21-19)15-22-19;1-3-5-4-2/h8-11H,3-5,12-15H2,1-2H3;1H,4-5H2,2H3. The van der Waals surface area contributed by atoms with Crippen LogP contribution in [0.1, 0.15) is 70.4 Å². The molecule has 0 atom stereocenters. The van der Waals surface area contributed by atoms with Crippen molar-refractivity contribution in [2.24, 2.45) is 5.41 Å². The second kappa shape index (κ2) is 10.5. The van der Waals surface area contributed by atoms with Gasteiger partial charge in [0.05, 0.1) is 19.8 Å². The Kier molecular flexibility index (Phi) is 8.39. The van der Waals surface area contributed by atoms with Gasteiger partial charge in [0.25, 0.3) is 0 Å². The highest BCUT2D eigenvalue weighted by atomic mass is 16.9. The van der Waals surface area contributed by atoms with Gasteiger partial charge in [-0.25, -0.2) is 0 Å². The number of fused-ring (bicyclic) bond motifs is 3. The maximum Gasteiger partial charge on any atom is 0.312 e. The van der Waals surface area contributed by atoms with Gasteiger partial charge < -0.3 is 14.2 Å². The van der Waals surface area contributed by atoms with Crippen LogP contribution in [0.5, 0.6) is 0 Å². The Bertz CT molecular complexity index is 648. The zero-order valence-electron chi connectivity index (χ0n) is 17.0. The van der Waals surface area contributed by atoms with Crippen molar-refractivity contribution in [1.29, 1.82) is 0 Å². The third kappa shape index (κ3) is 5.60. The van der Waals surface area contributed by atoms with Crippen LogP contribution in [0.4, 0.5) is 0 Å². The summed E-state index contributed by atoms with van der Waals surface area (Å²) >= 11 is 0. The molecule has 2 bridgehead atoms. The summed E-state index contributed by atoms with van der Waals surface area (Å²) in [5.74, 6) is 7.83. The van der Waals surface area contributed by atoms with Gasteiger partial charge in [0, 0.05) is 29.4 Å². The van der Waals surface area contributed by atoms with E-state index in [0.717, 1.165) is 49.7 Å². The fourth-order valence-electron chi connectivity index (χ4n) is 3.18. The van der Waals surface area contributed by atoms with E-state index in [2.05, 4.69) is 38.5 Å². The van der Waals surface area contributed by atoms with Crippen LogP contribution in [0.15, 0.2) is 24.3 Å². The highest BCUT2D eigenvalue weighted by Gasteiger charge is 2.53. The van der Waals surface area contributed by atoms with Crippen molar-refractivity contribution in [3.05, 3.63) is 35.4 Å². The van der Waals surface area contributed by atoms with Crippen LogP contribution >= 0.6 is 0 Å². The number of unbranched alkanes of at least 4 members (excludes halogenated alkanes) is 2. The Morgan fingerprint density at radius 1 is 0.889 bits per heavy atom. The summed E-state index contributed by atoms with van der Waals surface area (Å²) in [5, 5.41) is 0. The first-order valence-corrected chi connectivity index (χ1v) is 10.1. The molecule has 146 valence electrons. The predicted octanol–water partition coefficient (Wildman–Crippen LogP) is 5.23. The summed E-state index contributed by atoms with van der Waals surface area (Å²) in [7, 11) is 0. The summed E-state index contributed by atoms with van der Waals surface area (Å²) < 4.78 is 17.9. The van der Waals surface area contributed by atoms with E-state index in [9.17, 15) is 0 Å². The van der Waals surface area contributed by atoms with Gasteiger partial charge in [0.1, 0.15) is 0 Å². The maximum absolute atomic E-state index is 5.96. The minimum atomic E-state index is -1.01. The van der Waals surface area contributed by atoms with Gasteiger partial charge in [0.15, 0.2) is 0 Å². The number of ether oxygens (including phenoxy) is 3. The topological polar surface area (TPSA) is 27.7 Å². The van der Waals surface area contributed by atoms with E-state index < -0.39 is 5.97 Å². The molecule has 0 saturated carbocycles. The lowest BCUT2D eigenvalue weighted by atomic mass is 9.83. The van der Waals surface area contributed by atoms with Gasteiger partial charge in [-0.15, -0.1) is 12.3 Å². The van der Waals surface area contributed by atoms with E-state index >= 15 is 0 Å². The number of hydrogen-bond donors (Lipinski definition) is 0. The van der Waals surface area contributed by atoms with Crippen LogP contribution in [-0.4, -0.2) is 19.8 Å². The van der Waals surface area contributed by atoms with Gasteiger partial charge in [-0.05, 0) is 43.5 Å². The molecule has 0 spiro atoms. The van der Waals surface area contributed by atoms with Crippen LogP contribution in [0.2, 0.25) is 0 Å². The molecule has 0 radical (unpaired) electrons. The van der Waals surface area contributed by atoms with Gasteiger partial charge in [-0.2, -0.15) is 0 Å². The molecule has 4 rings (SSSR count). The Labute approximate surface area is 164 Å². The predicted molar refractivity (Wildman–Crippen MR) is 109 cm³/mol. The Balaban J connectivity index is 0.000000465. The molecule has 1 aromatic carbocycles. The summed E-state index contributed by atoms with van der Waals surface area (Å²) in [6.45, 7) is 8.51. The molecule has 1 aromatic rings. The maximum atomic E-state index is 5.96. The second-order valence-electron chi connectivity index (χ2n) is 7.26. The van der Waals surface area contributed by atoms with Crippen molar-refractivity contribution in [2.45, 2.75) is 65.3 Å². The van der Waals surface area contributed by atoms with E-state index in [0.29, 0.717) is 19.8 Å². The Morgan fingerprint density at radius 3 is 1.93 bits per heavy atom. The van der Waals surface area contributed by atoms with Gasteiger partial charge in [0.2, 0.25) is 0 Å². The van der Waals surface area contributed by atoms with E-state index in [4.69, 9.17) is 20.6 Å². The summed E-state index contributed by atoms with van der Waals surface area (Å²) in [5.41, 5.74) is 1.97. The lowest BCUT2D eigenvalue weighted by Crippen LogP contribution is -2.58. The third-order valence-electron chi connectivity index (χ3n) is 4.73. The lowest BCUT2D eigenvalue weighted by Gasteiger charge is -2.51. The van der Waals surface area contributed by atoms with Gasteiger partial charge in [-0.3, -0.25) is 0 Å². The van der Waals surface area contributed by atoms with Crippen molar-refractivity contribution in [3.8, 4) is 24.2 Å². The number of benzene rings is 1. The molecule has 3 aliphatic rings. The average molecular weight is 369 g/mol. The molecule has 0 aromatic heterocycles. The van der Waals surface area contributed by atoms with Gasteiger partial charge >= 0.3 is 5.97 Å². The molecule has 0 N–H and O–H groups in total. The molecule has 0 amide bonds. The summed E-state index contributed by atoms with van der Waals surface area (Å²) in [6, 6.07) is 8.00. The highest BCUT2D eigenvalue weighted by Crippen LogP contribution is 2.46. The fraction of sp³-hybridized carbons (Fsp3) is 0.583. The molecule has 3 saturated heterocycles. The molecule has 3 heterocycles. The number of hydrogen-bond acceptors (Lipinski definition) is 3. The second-order valence-corrected chi connectivity index (χ2v) is 7.26. The van der Waals surface area contributed by atoms with E-state index in [-0.39, 0.29) is 5.41 Å². The molecular weight excluding hydrogens is 336 g/mol. The minimum Gasteiger partial charge on any atom is -0.323 e. The number of rotatable bonds is 5. The monoisotopic (exact) mass is 368 g/mol. The molecular formula is C24H32O3. The minimum absolute atomic E-state index is 0.0437. The highest BCUT2D eigenvalue weighted by molar-refractivity contribution is 5.37. The lowest BCUT2D eigenvalue weighted by molar-refractivity contribution is -0.480. The van der Waals surface area contributed by atoms with Crippen LogP contribution in [0.25, 0.3) is 0 Å². The molecule has 3 heteroatoms. The van der Waals surface area contributed by atoms with E-state index in [1.54, 1.807) is 0 Å². The quantitative estimate of drug-likeness (QED) is 0.666. The summed E-state index contributed by atoms with van der Waals surface area (Å²) in [6.07, 6.45) is 11.1. The summed E-state index contributed by atoms with van der Waals surface area (Å²) in [4.78, 5) is 0. The van der Waals surface area contributed by atoms with Crippen molar-refractivity contribution in [3.63, 3.8) is 0 Å². The van der Waals surface area contributed by atoms with Crippen LogP contribution in [0.3, 0.4) is 0 Å². The molecule has 0 unspecified atom stereocenters. The van der Waals surface area contributed by atoms with Crippen LogP contribution < -0.4 is 0 Å². The van der Waals surface area contributed by atoms with E-state index in [1.165, 1.54) is 0 Å². The average Bonchev–Trinajstić information content (AvgIpc) is 2.71.